The van der Waals surface area contributed by atoms with Crippen LogP contribution in [0.3, 0.4) is 0 Å². The van der Waals surface area contributed by atoms with Gasteiger partial charge in [-0.3, -0.25) is 9.98 Å². The summed E-state index contributed by atoms with van der Waals surface area (Å²) in [5.74, 6) is 1.94. The highest BCUT2D eigenvalue weighted by atomic mass is 19.1. The van der Waals surface area contributed by atoms with Crippen molar-refractivity contribution >= 4 is 23.7 Å². The maximum absolute atomic E-state index is 14.8. The van der Waals surface area contributed by atoms with Gasteiger partial charge in [0.05, 0.1) is 35.9 Å². The molecule has 0 saturated heterocycles. The van der Waals surface area contributed by atoms with Gasteiger partial charge in [-0.1, -0.05) is 18.1 Å². The van der Waals surface area contributed by atoms with Crippen LogP contribution in [0.1, 0.15) is 36.5 Å². The van der Waals surface area contributed by atoms with Crippen LogP contribution in [0.5, 0.6) is 0 Å². The third kappa shape index (κ3) is 2.73. The van der Waals surface area contributed by atoms with Crippen LogP contribution in [0.25, 0.3) is 0 Å². The molecule has 2 unspecified atom stereocenters. The van der Waals surface area contributed by atoms with Crippen molar-refractivity contribution in [1.82, 2.24) is 0 Å². The third-order valence-corrected chi connectivity index (χ3v) is 5.95. The number of fused-ring (bicyclic) bond motifs is 4. The number of esters is 1. The van der Waals surface area contributed by atoms with E-state index < -0.39 is 11.6 Å². The first-order chi connectivity index (χ1) is 14.6. The van der Waals surface area contributed by atoms with Gasteiger partial charge in [0.1, 0.15) is 5.82 Å². The summed E-state index contributed by atoms with van der Waals surface area (Å²) >= 11 is 0. The molecule has 1 saturated carbocycles. The number of hydrogen-bond donors (Lipinski definition) is 0. The van der Waals surface area contributed by atoms with E-state index in [2.05, 4.69) is 10.9 Å². The largest absolute Gasteiger partial charge is 0.464 e. The molecule has 2 heterocycles. The van der Waals surface area contributed by atoms with Crippen molar-refractivity contribution in [2.24, 2.45) is 9.98 Å². The SMILES string of the molecule is C#Cc1ccc2c(c1)C(c1ccccc1F)=NC1(CC1)C1C(C(=O)OCC)N=CN21. The number of terminal acetylenes is 1. The van der Waals surface area contributed by atoms with Crippen molar-refractivity contribution in [2.45, 2.75) is 37.4 Å². The third-order valence-electron chi connectivity index (χ3n) is 5.95. The molecule has 5 rings (SSSR count). The van der Waals surface area contributed by atoms with Crippen LogP contribution in [0.2, 0.25) is 0 Å². The minimum Gasteiger partial charge on any atom is -0.464 e. The Balaban J connectivity index is 1.73. The van der Waals surface area contributed by atoms with Crippen LogP contribution in [0, 0.1) is 18.2 Å². The van der Waals surface area contributed by atoms with E-state index in [4.69, 9.17) is 16.2 Å². The van der Waals surface area contributed by atoms with E-state index in [0.717, 1.165) is 24.1 Å². The lowest BCUT2D eigenvalue weighted by Crippen LogP contribution is -2.49. The molecular formula is C24H20FN3O2. The van der Waals surface area contributed by atoms with E-state index in [1.165, 1.54) is 6.07 Å². The minimum atomic E-state index is -0.670. The summed E-state index contributed by atoms with van der Waals surface area (Å²) in [4.78, 5) is 24.2. The molecule has 0 radical (unpaired) electrons. The maximum atomic E-state index is 14.8. The number of aliphatic imine (C=N–C) groups is 2. The molecule has 0 N–H and O–H groups in total. The lowest BCUT2D eigenvalue weighted by Gasteiger charge is -2.30. The van der Waals surface area contributed by atoms with Crippen LogP contribution in [0.4, 0.5) is 10.1 Å². The molecule has 3 aliphatic rings. The van der Waals surface area contributed by atoms with E-state index in [0.29, 0.717) is 16.8 Å². The number of carbonyl (C=O) groups is 1. The van der Waals surface area contributed by atoms with Crippen molar-refractivity contribution in [3.63, 3.8) is 0 Å². The number of rotatable bonds is 3. The van der Waals surface area contributed by atoms with E-state index >= 15 is 0 Å². The lowest BCUT2D eigenvalue weighted by atomic mass is 9.97. The van der Waals surface area contributed by atoms with Crippen molar-refractivity contribution in [3.05, 3.63) is 65.0 Å². The Kier molecular flexibility index (Phi) is 4.21. The summed E-state index contributed by atoms with van der Waals surface area (Å²) in [6.07, 6.45) is 8.91. The number of carbonyl (C=O) groups excluding carboxylic acids is 1. The van der Waals surface area contributed by atoms with Gasteiger partial charge in [-0.15, -0.1) is 6.42 Å². The van der Waals surface area contributed by atoms with E-state index in [1.54, 1.807) is 31.5 Å². The van der Waals surface area contributed by atoms with Gasteiger partial charge < -0.3 is 9.64 Å². The average molecular weight is 401 g/mol. The van der Waals surface area contributed by atoms with Crippen molar-refractivity contribution < 1.29 is 13.9 Å². The van der Waals surface area contributed by atoms with Gasteiger partial charge in [0, 0.05) is 16.7 Å². The van der Waals surface area contributed by atoms with Gasteiger partial charge >= 0.3 is 5.97 Å². The van der Waals surface area contributed by atoms with Crippen LogP contribution in [0.15, 0.2) is 52.4 Å². The predicted molar refractivity (Wildman–Crippen MR) is 114 cm³/mol. The van der Waals surface area contributed by atoms with E-state index in [-0.39, 0.29) is 24.4 Å². The van der Waals surface area contributed by atoms with Gasteiger partial charge in [0.15, 0.2) is 6.04 Å². The molecule has 0 bridgehead atoms. The highest BCUT2D eigenvalue weighted by molar-refractivity contribution is 6.18. The fraction of sp³-hybridized carbons (Fsp3) is 0.292. The Morgan fingerprint density at radius 1 is 1.30 bits per heavy atom. The monoisotopic (exact) mass is 401 g/mol. The zero-order chi connectivity index (χ0) is 20.9. The Bertz CT molecular complexity index is 1140. The summed E-state index contributed by atoms with van der Waals surface area (Å²) in [6.45, 7) is 2.07. The Hall–Kier alpha value is -3.46. The Morgan fingerprint density at radius 3 is 2.80 bits per heavy atom. The van der Waals surface area contributed by atoms with Crippen LogP contribution >= 0.6 is 0 Å². The summed E-state index contributed by atoms with van der Waals surface area (Å²) in [5.41, 5.74) is 2.67. The topological polar surface area (TPSA) is 54.3 Å². The fourth-order valence-electron chi connectivity index (χ4n) is 4.42. The van der Waals surface area contributed by atoms with Crippen LogP contribution in [-0.4, -0.2) is 42.2 Å². The molecule has 150 valence electrons. The van der Waals surface area contributed by atoms with Gasteiger partial charge in [-0.05, 0) is 50.1 Å². The molecule has 2 aliphatic heterocycles. The minimum absolute atomic E-state index is 0.288. The summed E-state index contributed by atoms with van der Waals surface area (Å²) in [7, 11) is 0. The molecule has 0 aromatic heterocycles. The molecule has 1 fully saturated rings. The van der Waals surface area contributed by atoms with Crippen molar-refractivity contribution in [2.75, 3.05) is 11.5 Å². The number of hydrogen-bond acceptors (Lipinski definition) is 5. The first-order valence-electron chi connectivity index (χ1n) is 10.0. The fourth-order valence-corrected chi connectivity index (χ4v) is 4.42. The number of benzene rings is 2. The average Bonchev–Trinajstić information content (AvgIpc) is 3.42. The number of nitrogens with zero attached hydrogens (tertiary/aromatic N) is 3. The second kappa shape index (κ2) is 6.81. The smallest absolute Gasteiger partial charge is 0.333 e. The predicted octanol–water partition coefficient (Wildman–Crippen LogP) is 3.34. The first kappa shape index (κ1) is 18.6. The quantitative estimate of drug-likeness (QED) is 0.586. The second-order valence-electron chi connectivity index (χ2n) is 7.73. The molecule has 30 heavy (non-hydrogen) atoms. The van der Waals surface area contributed by atoms with Crippen LogP contribution in [-0.2, 0) is 9.53 Å². The van der Waals surface area contributed by atoms with E-state index in [9.17, 15) is 9.18 Å². The molecule has 2 atom stereocenters. The molecule has 5 nitrogen and oxygen atoms in total. The highest BCUT2D eigenvalue weighted by Gasteiger charge is 2.60. The molecule has 1 spiro atoms. The zero-order valence-electron chi connectivity index (χ0n) is 16.5. The van der Waals surface area contributed by atoms with Crippen LogP contribution < -0.4 is 4.90 Å². The van der Waals surface area contributed by atoms with Gasteiger partial charge in [0.25, 0.3) is 0 Å². The number of anilines is 1. The summed E-state index contributed by atoms with van der Waals surface area (Å²) < 4.78 is 20.1. The normalized spacial score (nSPS) is 22.6. The second-order valence-corrected chi connectivity index (χ2v) is 7.73. The Labute approximate surface area is 174 Å². The molecule has 2 aromatic rings. The Morgan fingerprint density at radius 2 is 2.10 bits per heavy atom. The summed E-state index contributed by atoms with van der Waals surface area (Å²) in [6, 6.07) is 11.2. The molecule has 0 amide bonds. The van der Waals surface area contributed by atoms with Gasteiger partial charge in [-0.2, -0.15) is 0 Å². The van der Waals surface area contributed by atoms with Gasteiger partial charge in [-0.25, -0.2) is 9.18 Å². The summed E-state index contributed by atoms with van der Waals surface area (Å²) in [5, 5.41) is 0. The number of halogens is 1. The maximum Gasteiger partial charge on any atom is 0.333 e. The first-order valence-corrected chi connectivity index (χ1v) is 10.0. The van der Waals surface area contributed by atoms with E-state index in [1.807, 2.05) is 23.1 Å². The zero-order valence-corrected chi connectivity index (χ0v) is 16.5. The van der Waals surface area contributed by atoms with Crippen molar-refractivity contribution in [3.8, 4) is 12.3 Å². The van der Waals surface area contributed by atoms with Gasteiger partial charge in [0.2, 0.25) is 0 Å². The highest BCUT2D eigenvalue weighted by Crippen LogP contribution is 2.51. The molecule has 1 aliphatic carbocycles. The molecular weight excluding hydrogens is 381 g/mol. The molecule has 2 aromatic carbocycles. The van der Waals surface area contributed by atoms with Crippen molar-refractivity contribution in [1.29, 1.82) is 0 Å². The lowest BCUT2D eigenvalue weighted by molar-refractivity contribution is -0.145. The number of ether oxygens (including phenoxy) is 1. The molecule has 6 heteroatoms. The standard InChI is InChI=1S/C24H20FN3O2/c1-3-15-9-10-19-17(13-15)20(16-7-5-6-8-18(16)25)27-24(11-12-24)22-21(23(29)30-4-2)26-14-28(19)22/h1,5-10,13-14,21-22H,4,11-12H2,2H3.